The summed E-state index contributed by atoms with van der Waals surface area (Å²) in [6, 6.07) is 8.25. The van der Waals surface area contributed by atoms with Crippen LogP contribution in [0, 0.1) is 0 Å². The molecule has 1 N–H and O–H groups in total. The van der Waals surface area contributed by atoms with Gasteiger partial charge in [-0.25, -0.2) is 0 Å². The molecule has 112 valence electrons. The van der Waals surface area contributed by atoms with Crippen LogP contribution >= 0.6 is 11.6 Å². The Morgan fingerprint density at radius 3 is 2.30 bits per heavy atom. The Morgan fingerprint density at radius 1 is 1.15 bits per heavy atom. The van der Waals surface area contributed by atoms with E-state index in [1.807, 2.05) is 12.1 Å². The minimum Gasteiger partial charge on any atom is -0.308 e. The van der Waals surface area contributed by atoms with Gasteiger partial charge >= 0.3 is 0 Å². The number of hydrogen-bond acceptors (Lipinski definition) is 2. The van der Waals surface area contributed by atoms with Gasteiger partial charge in [0.1, 0.15) is 0 Å². The lowest BCUT2D eigenvalue weighted by Gasteiger charge is -2.52. The van der Waals surface area contributed by atoms with Crippen LogP contribution in [0.1, 0.15) is 46.1 Å². The number of hydrogen-bond donors (Lipinski definition) is 1. The molecule has 2 rings (SSSR count). The van der Waals surface area contributed by atoms with Gasteiger partial charge < -0.3 is 5.32 Å². The van der Waals surface area contributed by atoms with E-state index in [0.717, 1.165) is 24.7 Å². The minimum absolute atomic E-state index is 0.188. The van der Waals surface area contributed by atoms with E-state index < -0.39 is 0 Å². The molecule has 1 aromatic carbocycles. The number of piperazine rings is 1. The summed E-state index contributed by atoms with van der Waals surface area (Å²) in [5, 5.41) is 4.59. The number of rotatable bonds is 4. The van der Waals surface area contributed by atoms with Crippen molar-refractivity contribution in [3.63, 3.8) is 0 Å². The molecule has 0 bridgehead atoms. The van der Waals surface area contributed by atoms with Crippen LogP contribution < -0.4 is 5.32 Å². The van der Waals surface area contributed by atoms with Crippen LogP contribution in [0.2, 0.25) is 5.02 Å². The van der Waals surface area contributed by atoms with Gasteiger partial charge in [0.25, 0.3) is 0 Å². The van der Waals surface area contributed by atoms with Crippen molar-refractivity contribution >= 4 is 11.6 Å². The van der Waals surface area contributed by atoms with Crippen LogP contribution in [-0.2, 0) is 6.54 Å². The second-order valence-electron chi connectivity index (χ2n) is 6.64. The van der Waals surface area contributed by atoms with Crippen molar-refractivity contribution in [2.24, 2.45) is 0 Å². The number of nitrogens with one attached hydrogen (secondary N) is 1. The van der Waals surface area contributed by atoms with Crippen LogP contribution in [0.15, 0.2) is 24.3 Å². The maximum absolute atomic E-state index is 5.98. The zero-order chi connectivity index (χ0) is 14.8. The van der Waals surface area contributed by atoms with Crippen molar-refractivity contribution in [3.8, 4) is 0 Å². The quantitative estimate of drug-likeness (QED) is 0.900. The maximum atomic E-state index is 5.98. The molecule has 0 spiro atoms. The summed E-state index contributed by atoms with van der Waals surface area (Å²) in [5.74, 6) is 0. The average Bonchev–Trinajstić information content (AvgIpc) is 2.44. The largest absolute Gasteiger partial charge is 0.308 e. The normalized spacial score (nSPS) is 21.9. The van der Waals surface area contributed by atoms with Crippen molar-refractivity contribution in [2.45, 2.75) is 58.2 Å². The predicted octanol–water partition coefficient (Wildman–Crippen LogP) is 4.08. The Bertz CT molecular complexity index is 435. The van der Waals surface area contributed by atoms with Crippen LogP contribution in [0.3, 0.4) is 0 Å². The van der Waals surface area contributed by atoms with Crippen LogP contribution in [-0.4, -0.2) is 29.1 Å². The average molecular weight is 295 g/mol. The molecule has 1 saturated heterocycles. The summed E-state index contributed by atoms with van der Waals surface area (Å²) < 4.78 is 0. The lowest BCUT2D eigenvalue weighted by Crippen LogP contribution is -2.67. The van der Waals surface area contributed by atoms with E-state index in [4.69, 9.17) is 11.6 Å². The monoisotopic (exact) mass is 294 g/mol. The highest BCUT2D eigenvalue weighted by Crippen LogP contribution is 2.29. The Morgan fingerprint density at radius 2 is 1.75 bits per heavy atom. The fourth-order valence-electron chi connectivity index (χ4n) is 2.95. The van der Waals surface area contributed by atoms with Crippen molar-refractivity contribution in [3.05, 3.63) is 34.9 Å². The maximum Gasteiger partial charge on any atom is 0.0406 e. The van der Waals surface area contributed by atoms with E-state index in [2.05, 4.69) is 50.0 Å². The van der Waals surface area contributed by atoms with Gasteiger partial charge in [0.2, 0.25) is 0 Å². The standard InChI is InChI=1S/C17H27ClN2/c1-5-17(6-2)13-20(16(3,4)12-19-17)11-14-7-9-15(18)10-8-14/h7-10,19H,5-6,11-13H2,1-4H3. The first-order valence-electron chi connectivity index (χ1n) is 7.65. The highest BCUT2D eigenvalue weighted by atomic mass is 35.5. The van der Waals surface area contributed by atoms with Crippen molar-refractivity contribution in [1.82, 2.24) is 10.2 Å². The molecule has 1 aromatic rings. The Hall–Kier alpha value is -0.570. The molecule has 0 aliphatic carbocycles. The summed E-state index contributed by atoms with van der Waals surface area (Å²) in [4.78, 5) is 2.61. The molecule has 1 aliphatic rings. The van der Waals surface area contributed by atoms with Gasteiger partial charge in [-0.3, -0.25) is 4.90 Å². The van der Waals surface area contributed by atoms with Gasteiger partial charge in [-0.05, 0) is 44.4 Å². The van der Waals surface area contributed by atoms with E-state index in [9.17, 15) is 0 Å². The molecule has 0 saturated carbocycles. The summed E-state index contributed by atoms with van der Waals surface area (Å²) in [6.07, 6.45) is 2.35. The molecule has 1 heterocycles. The lowest BCUT2D eigenvalue weighted by molar-refractivity contribution is 0.0162. The Kier molecular flexibility index (Phi) is 4.78. The minimum atomic E-state index is 0.188. The number of benzene rings is 1. The summed E-state index contributed by atoms with van der Waals surface area (Å²) in [5.41, 5.74) is 1.79. The molecule has 1 aliphatic heterocycles. The Labute approximate surface area is 128 Å². The van der Waals surface area contributed by atoms with E-state index in [1.54, 1.807) is 0 Å². The summed E-state index contributed by atoms with van der Waals surface area (Å²) in [6.45, 7) is 12.4. The first kappa shape index (κ1) is 15.8. The topological polar surface area (TPSA) is 15.3 Å². The van der Waals surface area contributed by atoms with Crippen molar-refractivity contribution in [2.75, 3.05) is 13.1 Å². The summed E-state index contributed by atoms with van der Waals surface area (Å²) >= 11 is 5.98. The molecule has 0 amide bonds. The number of nitrogens with zero attached hydrogens (tertiary/aromatic N) is 1. The van der Waals surface area contributed by atoms with E-state index in [-0.39, 0.29) is 11.1 Å². The van der Waals surface area contributed by atoms with Crippen LogP contribution in [0.25, 0.3) is 0 Å². The number of halogens is 1. The molecule has 1 fully saturated rings. The zero-order valence-electron chi connectivity index (χ0n) is 13.2. The fourth-order valence-corrected chi connectivity index (χ4v) is 3.08. The third-order valence-electron chi connectivity index (χ3n) is 4.89. The van der Waals surface area contributed by atoms with Crippen LogP contribution in [0.5, 0.6) is 0 Å². The highest BCUT2D eigenvalue weighted by molar-refractivity contribution is 6.30. The SMILES string of the molecule is CCC1(CC)CN(Cc2ccc(Cl)cc2)C(C)(C)CN1. The molecule has 0 radical (unpaired) electrons. The van der Waals surface area contributed by atoms with E-state index in [1.165, 1.54) is 18.4 Å². The smallest absolute Gasteiger partial charge is 0.0406 e. The predicted molar refractivity (Wildman–Crippen MR) is 87.3 cm³/mol. The lowest BCUT2D eigenvalue weighted by atomic mass is 9.84. The van der Waals surface area contributed by atoms with Gasteiger partial charge in [0.15, 0.2) is 0 Å². The van der Waals surface area contributed by atoms with E-state index in [0.29, 0.717) is 0 Å². The molecule has 0 aromatic heterocycles. The van der Waals surface area contributed by atoms with Gasteiger partial charge in [-0.15, -0.1) is 0 Å². The fraction of sp³-hybridized carbons (Fsp3) is 0.647. The third-order valence-corrected chi connectivity index (χ3v) is 5.14. The molecule has 0 atom stereocenters. The molecule has 20 heavy (non-hydrogen) atoms. The zero-order valence-corrected chi connectivity index (χ0v) is 13.9. The van der Waals surface area contributed by atoms with Gasteiger partial charge in [-0.2, -0.15) is 0 Å². The first-order valence-corrected chi connectivity index (χ1v) is 8.03. The second kappa shape index (κ2) is 6.05. The van der Waals surface area contributed by atoms with Gasteiger partial charge in [0.05, 0.1) is 0 Å². The second-order valence-corrected chi connectivity index (χ2v) is 7.07. The van der Waals surface area contributed by atoms with Gasteiger partial charge in [0, 0.05) is 35.7 Å². The Balaban J connectivity index is 2.15. The van der Waals surface area contributed by atoms with Crippen LogP contribution in [0.4, 0.5) is 0 Å². The summed E-state index contributed by atoms with van der Waals surface area (Å²) in [7, 11) is 0. The highest BCUT2D eigenvalue weighted by Gasteiger charge is 2.40. The van der Waals surface area contributed by atoms with Crippen molar-refractivity contribution in [1.29, 1.82) is 0 Å². The molecular formula is C17H27ClN2. The molecule has 2 nitrogen and oxygen atoms in total. The molecular weight excluding hydrogens is 268 g/mol. The molecule has 3 heteroatoms. The van der Waals surface area contributed by atoms with E-state index >= 15 is 0 Å². The first-order chi connectivity index (χ1) is 9.41. The van der Waals surface area contributed by atoms with Gasteiger partial charge in [-0.1, -0.05) is 37.6 Å². The molecule has 0 unspecified atom stereocenters. The van der Waals surface area contributed by atoms with Crippen molar-refractivity contribution < 1.29 is 0 Å². The third kappa shape index (κ3) is 3.36.